The number of rotatable bonds is 10. The van der Waals surface area contributed by atoms with Gasteiger partial charge in [0, 0.05) is 11.1 Å². The summed E-state index contributed by atoms with van der Waals surface area (Å²) in [5.74, 6) is -11.6. The zero-order chi connectivity index (χ0) is 27.8. The number of carboxylic acids is 4. The maximum absolute atomic E-state index is 12.6. The summed E-state index contributed by atoms with van der Waals surface area (Å²) in [5, 5.41) is 72.4. The largest absolute Gasteiger partial charge is 0.479 e. The van der Waals surface area contributed by atoms with Crippen LogP contribution < -0.4 is 0 Å². The number of benzene rings is 2. The number of ketones is 2. The minimum atomic E-state index is -3.95. The van der Waals surface area contributed by atoms with Gasteiger partial charge in [0.25, 0.3) is 11.2 Å². The first-order valence-corrected chi connectivity index (χ1v) is 9.56. The van der Waals surface area contributed by atoms with E-state index in [-0.39, 0.29) is 0 Å². The molecule has 2 aromatic carbocycles. The molecule has 0 aliphatic rings. The van der Waals surface area contributed by atoms with Crippen LogP contribution in [0, 0.1) is 0 Å². The van der Waals surface area contributed by atoms with Gasteiger partial charge in [0.15, 0.2) is 12.2 Å². The van der Waals surface area contributed by atoms with Gasteiger partial charge in [0.1, 0.15) is 0 Å². The fraction of sp³-hybridized carbons (Fsp3) is 0.182. The molecule has 8 N–H and O–H groups in total. The van der Waals surface area contributed by atoms with Crippen LogP contribution in [-0.4, -0.2) is 99.7 Å². The summed E-state index contributed by atoms with van der Waals surface area (Å²) in [7, 11) is 0. The van der Waals surface area contributed by atoms with Crippen LogP contribution in [0.2, 0.25) is 0 Å². The first-order chi connectivity index (χ1) is 16.6. The molecule has 192 valence electrons. The Morgan fingerprint density at radius 1 is 0.528 bits per heavy atom. The summed E-state index contributed by atoms with van der Waals surface area (Å²) in [6.45, 7) is 0. The normalized spacial score (nSPS) is 15.4. The van der Waals surface area contributed by atoms with Gasteiger partial charge >= 0.3 is 23.9 Å². The molecule has 0 aliphatic heterocycles. The van der Waals surface area contributed by atoms with Crippen LogP contribution >= 0.6 is 0 Å². The lowest BCUT2D eigenvalue weighted by molar-refractivity contribution is -0.187. The van der Waals surface area contributed by atoms with Crippen molar-refractivity contribution in [2.45, 2.75) is 23.4 Å². The molecule has 14 heteroatoms. The number of carbonyl (C=O) groups is 6. The summed E-state index contributed by atoms with van der Waals surface area (Å²) in [5.41, 5.74) is -8.68. The Labute approximate surface area is 200 Å². The minimum Gasteiger partial charge on any atom is -0.479 e. The van der Waals surface area contributed by atoms with Crippen LogP contribution in [0.3, 0.4) is 0 Å². The van der Waals surface area contributed by atoms with Gasteiger partial charge in [-0.1, -0.05) is 60.7 Å². The SMILES string of the molecule is O=C(O)C(O)(C(=O)c1ccccc1)C(O)(C(=O)O)C(=O)c1ccccc1.O=C(O)C(O)C(O)C(=O)O. The molecule has 4 atom stereocenters. The smallest absolute Gasteiger partial charge is 0.348 e. The lowest BCUT2D eigenvalue weighted by Crippen LogP contribution is -2.71. The molecule has 0 radical (unpaired) electrons. The molecule has 0 amide bonds. The van der Waals surface area contributed by atoms with Crippen molar-refractivity contribution in [1.82, 2.24) is 0 Å². The molecule has 0 saturated carbocycles. The molecule has 0 heterocycles. The molecule has 0 aliphatic carbocycles. The molecule has 0 fully saturated rings. The predicted octanol–water partition coefficient (Wildman–Crippen LogP) is -1.74. The van der Waals surface area contributed by atoms with Crippen molar-refractivity contribution in [3.05, 3.63) is 71.8 Å². The third-order valence-corrected chi connectivity index (χ3v) is 4.68. The molecule has 0 bridgehead atoms. The summed E-state index contributed by atoms with van der Waals surface area (Å²) in [6, 6.07) is 12.8. The molecule has 4 unspecified atom stereocenters. The van der Waals surface area contributed by atoms with Crippen LogP contribution in [0.1, 0.15) is 20.7 Å². The second-order valence-corrected chi connectivity index (χ2v) is 6.99. The van der Waals surface area contributed by atoms with E-state index in [2.05, 4.69) is 0 Å². The number of hydrogen-bond acceptors (Lipinski definition) is 10. The molecule has 0 aromatic heterocycles. The van der Waals surface area contributed by atoms with Crippen molar-refractivity contribution in [3.8, 4) is 0 Å². The average Bonchev–Trinajstić information content (AvgIpc) is 2.86. The molecule has 14 nitrogen and oxygen atoms in total. The molecule has 0 saturated heterocycles. The Morgan fingerprint density at radius 2 is 0.778 bits per heavy atom. The second-order valence-electron chi connectivity index (χ2n) is 6.99. The lowest BCUT2D eigenvalue weighted by Gasteiger charge is -2.34. The quantitative estimate of drug-likeness (QED) is 0.131. The van der Waals surface area contributed by atoms with E-state index in [9.17, 15) is 49.2 Å². The standard InChI is InChI=1S/C18H14O8.C4H6O6/c19-13(11-7-3-1-4-8-11)17(25,15(21)22)18(26,16(23)24)14(20)12-9-5-2-6-10-12;5-1(3(7)8)2(6)4(9)10/h1-10,25-26H,(H,21,22)(H,23,24);1-2,5-6H,(H,7,8)(H,9,10). The van der Waals surface area contributed by atoms with E-state index in [1.54, 1.807) is 0 Å². The zero-order valence-electron chi connectivity index (χ0n) is 18.0. The van der Waals surface area contributed by atoms with E-state index >= 15 is 0 Å². The van der Waals surface area contributed by atoms with Crippen molar-refractivity contribution in [1.29, 1.82) is 0 Å². The van der Waals surface area contributed by atoms with E-state index in [1.165, 1.54) is 36.4 Å². The van der Waals surface area contributed by atoms with Crippen LogP contribution in [0.5, 0.6) is 0 Å². The summed E-state index contributed by atoms with van der Waals surface area (Å²) < 4.78 is 0. The van der Waals surface area contributed by atoms with Gasteiger partial charge < -0.3 is 40.9 Å². The van der Waals surface area contributed by atoms with Gasteiger partial charge in [-0.05, 0) is 0 Å². The number of aliphatic hydroxyl groups is 4. The molecular formula is C22H20O14. The van der Waals surface area contributed by atoms with E-state index < -0.39 is 70.0 Å². The van der Waals surface area contributed by atoms with Gasteiger partial charge in [0.05, 0.1) is 0 Å². The number of aliphatic hydroxyl groups excluding tert-OH is 2. The fourth-order valence-electron chi connectivity index (χ4n) is 2.70. The number of carbonyl (C=O) groups excluding carboxylic acids is 2. The predicted molar refractivity (Wildman–Crippen MR) is 114 cm³/mol. The number of aliphatic carboxylic acids is 4. The Morgan fingerprint density at radius 3 is 0.972 bits per heavy atom. The van der Waals surface area contributed by atoms with Gasteiger partial charge in [-0.25, -0.2) is 19.2 Å². The van der Waals surface area contributed by atoms with Crippen LogP contribution in [0.15, 0.2) is 60.7 Å². The first kappa shape index (κ1) is 29.5. The van der Waals surface area contributed by atoms with E-state index in [0.29, 0.717) is 0 Å². The highest BCUT2D eigenvalue weighted by Gasteiger charge is 2.69. The van der Waals surface area contributed by atoms with E-state index in [1.807, 2.05) is 0 Å². The van der Waals surface area contributed by atoms with Crippen LogP contribution in [-0.2, 0) is 19.2 Å². The van der Waals surface area contributed by atoms with Gasteiger partial charge in [-0.15, -0.1) is 0 Å². The Hall–Kier alpha value is -4.50. The summed E-state index contributed by atoms with van der Waals surface area (Å²) >= 11 is 0. The Balaban J connectivity index is 0.000000548. The maximum atomic E-state index is 12.6. The molecule has 2 rings (SSSR count). The Kier molecular flexibility index (Phi) is 9.65. The molecule has 36 heavy (non-hydrogen) atoms. The third-order valence-electron chi connectivity index (χ3n) is 4.68. The Bertz CT molecular complexity index is 1050. The van der Waals surface area contributed by atoms with Crippen molar-refractivity contribution < 1.29 is 69.6 Å². The number of carboxylic acid groups (broad SMARTS) is 4. The summed E-state index contributed by atoms with van der Waals surface area (Å²) in [4.78, 5) is 68.1. The van der Waals surface area contributed by atoms with Gasteiger partial charge in [-0.2, -0.15) is 0 Å². The van der Waals surface area contributed by atoms with Crippen molar-refractivity contribution in [2.75, 3.05) is 0 Å². The van der Waals surface area contributed by atoms with Crippen molar-refractivity contribution in [3.63, 3.8) is 0 Å². The molecule has 0 spiro atoms. The number of Topliss-reactive ketones (excluding diaryl/α,β-unsaturated/α-hetero) is 2. The molecule has 2 aromatic rings. The third kappa shape index (κ3) is 5.76. The topological polar surface area (TPSA) is 264 Å². The van der Waals surface area contributed by atoms with Crippen LogP contribution in [0.4, 0.5) is 0 Å². The van der Waals surface area contributed by atoms with Gasteiger partial charge in [-0.3, -0.25) is 9.59 Å². The van der Waals surface area contributed by atoms with Crippen molar-refractivity contribution >= 4 is 35.4 Å². The maximum Gasteiger partial charge on any atom is 0.348 e. The monoisotopic (exact) mass is 508 g/mol. The highest BCUT2D eigenvalue weighted by atomic mass is 16.5. The van der Waals surface area contributed by atoms with E-state index in [4.69, 9.17) is 20.4 Å². The highest BCUT2D eigenvalue weighted by molar-refractivity contribution is 6.28. The molecular weight excluding hydrogens is 488 g/mol. The van der Waals surface area contributed by atoms with E-state index in [0.717, 1.165) is 24.3 Å². The van der Waals surface area contributed by atoms with Crippen molar-refractivity contribution in [2.24, 2.45) is 0 Å². The first-order valence-electron chi connectivity index (χ1n) is 9.56. The van der Waals surface area contributed by atoms with Crippen LogP contribution in [0.25, 0.3) is 0 Å². The zero-order valence-corrected chi connectivity index (χ0v) is 18.0. The average molecular weight is 508 g/mol. The van der Waals surface area contributed by atoms with Gasteiger partial charge in [0.2, 0.25) is 11.6 Å². The fourth-order valence-corrected chi connectivity index (χ4v) is 2.70. The minimum absolute atomic E-state index is 0.391. The highest BCUT2D eigenvalue weighted by Crippen LogP contribution is 2.31. The number of hydrogen-bond donors (Lipinski definition) is 8. The summed E-state index contributed by atoms with van der Waals surface area (Å²) in [6.07, 6.45) is -4.53. The second kappa shape index (κ2) is 11.8. The lowest BCUT2D eigenvalue weighted by atomic mass is 9.73.